The van der Waals surface area contributed by atoms with Crippen molar-refractivity contribution in [3.63, 3.8) is 0 Å². The smallest absolute Gasteiger partial charge is 0.113 e. The van der Waals surface area contributed by atoms with Crippen LogP contribution in [0.2, 0.25) is 0 Å². The molecule has 0 aromatic carbocycles. The average Bonchev–Trinajstić information content (AvgIpc) is 2.05. The van der Waals surface area contributed by atoms with Gasteiger partial charge in [0.2, 0.25) is 0 Å². The Kier molecular flexibility index (Phi) is 6.86. The minimum atomic E-state index is -0.263. The maximum atomic E-state index is 8.67. The summed E-state index contributed by atoms with van der Waals surface area (Å²) >= 11 is 0. The molecule has 0 radical (unpaired) electrons. The van der Waals surface area contributed by atoms with Crippen LogP contribution in [0.25, 0.3) is 0 Å². The van der Waals surface area contributed by atoms with E-state index in [9.17, 15) is 0 Å². The SMILES string of the molecule is C=C(C)[C@H](CC[C@H](C)CCO)OO. The molecule has 0 spiro atoms. The Balaban J connectivity index is 3.65. The van der Waals surface area contributed by atoms with Gasteiger partial charge in [-0.1, -0.05) is 13.5 Å². The molecule has 3 heteroatoms. The molecule has 0 aromatic rings. The van der Waals surface area contributed by atoms with Gasteiger partial charge in [0.15, 0.2) is 0 Å². The van der Waals surface area contributed by atoms with Crippen LogP contribution in [-0.2, 0) is 4.89 Å². The summed E-state index contributed by atoms with van der Waals surface area (Å²) in [6.45, 7) is 7.84. The monoisotopic (exact) mass is 188 g/mol. The van der Waals surface area contributed by atoms with E-state index in [-0.39, 0.29) is 12.7 Å². The second-order valence-corrected chi connectivity index (χ2v) is 3.64. The van der Waals surface area contributed by atoms with Gasteiger partial charge in [0.05, 0.1) is 0 Å². The normalized spacial score (nSPS) is 15.4. The van der Waals surface area contributed by atoms with Gasteiger partial charge >= 0.3 is 0 Å². The Hall–Kier alpha value is -0.380. The number of hydrogen-bond acceptors (Lipinski definition) is 3. The van der Waals surface area contributed by atoms with Gasteiger partial charge in [-0.25, -0.2) is 4.89 Å². The molecule has 3 nitrogen and oxygen atoms in total. The molecular formula is C10H20O3. The predicted octanol–water partition coefficient (Wildman–Crippen LogP) is 2.22. The van der Waals surface area contributed by atoms with E-state index < -0.39 is 0 Å². The van der Waals surface area contributed by atoms with Crippen molar-refractivity contribution in [3.05, 3.63) is 12.2 Å². The van der Waals surface area contributed by atoms with Crippen molar-refractivity contribution in [2.24, 2.45) is 5.92 Å². The number of aliphatic hydroxyl groups excluding tert-OH is 1. The van der Waals surface area contributed by atoms with Crippen molar-refractivity contribution in [3.8, 4) is 0 Å². The highest BCUT2D eigenvalue weighted by Crippen LogP contribution is 2.16. The molecule has 78 valence electrons. The topological polar surface area (TPSA) is 49.7 Å². The highest BCUT2D eigenvalue weighted by molar-refractivity contribution is 4.97. The lowest BCUT2D eigenvalue weighted by Gasteiger charge is -2.15. The summed E-state index contributed by atoms with van der Waals surface area (Å²) in [5, 5.41) is 17.2. The third-order valence-electron chi connectivity index (χ3n) is 2.22. The maximum Gasteiger partial charge on any atom is 0.113 e. The maximum absolute atomic E-state index is 8.67. The molecule has 2 N–H and O–H groups in total. The van der Waals surface area contributed by atoms with Crippen molar-refractivity contribution in [1.29, 1.82) is 0 Å². The standard InChI is InChI=1S/C10H20O3/c1-8(2)10(13-12)5-4-9(3)6-7-11/h9-12H,1,4-7H2,2-3H3/t9-,10-/m0/s1. The first kappa shape index (κ1) is 12.6. The average molecular weight is 188 g/mol. The molecule has 0 rings (SSSR count). The van der Waals surface area contributed by atoms with E-state index in [1.54, 1.807) is 0 Å². The Labute approximate surface area is 80.0 Å². The summed E-state index contributed by atoms with van der Waals surface area (Å²) in [4.78, 5) is 4.28. The van der Waals surface area contributed by atoms with Crippen molar-refractivity contribution in [2.45, 2.75) is 39.2 Å². The Morgan fingerprint density at radius 2 is 2.00 bits per heavy atom. The molecule has 0 bridgehead atoms. The van der Waals surface area contributed by atoms with Gasteiger partial charge in [-0.15, -0.1) is 0 Å². The fourth-order valence-electron chi connectivity index (χ4n) is 1.19. The molecular weight excluding hydrogens is 168 g/mol. The van der Waals surface area contributed by atoms with Gasteiger partial charge in [-0.05, 0) is 37.7 Å². The molecule has 0 saturated carbocycles. The zero-order valence-corrected chi connectivity index (χ0v) is 8.49. The van der Waals surface area contributed by atoms with Gasteiger partial charge in [0.25, 0.3) is 0 Å². The van der Waals surface area contributed by atoms with Gasteiger partial charge < -0.3 is 5.11 Å². The lowest BCUT2D eigenvalue weighted by atomic mass is 9.98. The Morgan fingerprint density at radius 3 is 2.38 bits per heavy atom. The van der Waals surface area contributed by atoms with Crippen LogP contribution in [0.15, 0.2) is 12.2 Å². The minimum Gasteiger partial charge on any atom is -0.396 e. The van der Waals surface area contributed by atoms with Gasteiger partial charge in [-0.3, -0.25) is 5.26 Å². The molecule has 0 amide bonds. The van der Waals surface area contributed by atoms with Crippen molar-refractivity contribution < 1.29 is 15.3 Å². The summed E-state index contributed by atoms with van der Waals surface area (Å²) in [7, 11) is 0. The molecule has 0 aliphatic heterocycles. The van der Waals surface area contributed by atoms with Crippen molar-refractivity contribution in [2.75, 3.05) is 6.61 Å². The zero-order chi connectivity index (χ0) is 10.3. The van der Waals surface area contributed by atoms with E-state index in [4.69, 9.17) is 10.4 Å². The highest BCUT2D eigenvalue weighted by atomic mass is 17.1. The number of hydrogen-bond donors (Lipinski definition) is 2. The lowest BCUT2D eigenvalue weighted by molar-refractivity contribution is -0.270. The molecule has 13 heavy (non-hydrogen) atoms. The first-order chi connectivity index (χ1) is 6.11. The van der Waals surface area contributed by atoms with Gasteiger partial charge in [0, 0.05) is 6.61 Å². The second-order valence-electron chi connectivity index (χ2n) is 3.64. The molecule has 0 aliphatic carbocycles. The van der Waals surface area contributed by atoms with E-state index in [0.717, 1.165) is 24.8 Å². The summed E-state index contributed by atoms with van der Waals surface area (Å²) in [5.74, 6) is 0.460. The van der Waals surface area contributed by atoms with E-state index in [1.807, 2.05) is 6.92 Å². The van der Waals surface area contributed by atoms with Gasteiger partial charge in [0.1, 0.15) is 6.10 Å². The first-order valence-corrected chi connectivity index (χ1v) is 4.68. The number of rotatable bonds is 7. The van der Waals surface area contributed by atoms with Crippen molar-refractivity contribution in [1.82, 2.24) is 0 Å². The van der Waals surface area contributed by atoms with E-state index >= 15 is 0 Å². The Bertz CT molecular complexity index is 145. The molecule has 0 heterocycles. The van der Waals surface area contributed by atoms with Crippen LogP contribution >= 0.6 is 0 Å². The van der Waals surface area contributed by atoms with Crippen LogP contribution < -0.4 is 0 Å². The zero-order valence-electron chi connectivity index (χ0n) is 8.49. The molecule has 0 fully saturated rings. The molecule has 0 unspecified atom stereocenters. The molecule has 0 aromatic heterocycles. The quantitative estimate of drug-likeness (QED) is 0.366. The van der Waals surface area contributed by atoms with Gasteiger partial charge in [-0.2, -0.15) is 0 Å². The fraction of sp³-hybridized carbons (Fsp3) is 0.800. The molecule has 0 saturated heterocycles. The van der Waals surface area contributed by atoms with Crippen molar-refractivity contribution >= 4 is 0 Å². The molecule has 2 atom stereocenters. The summed E-state index contributed by atoms with van der Waals surface area (Å²) in [6, 6.07) is 0. The summed E-state index contributed by atoms with van der Waals surface area (Å²) < 4.78 is 0. The third-order valence-corrected chi connectivity index (χ3v) is 2.22. The van der Waals surface area contributed by atoms with Crippen LogP contribution in [0.3, 0.4) is 0 Å². The van der Waals surface area contributed by atoms with Crippen LogP contribution in [0.5, 0.6) is 0 Å². The summed E-state index contributed by atoms with van der Waals surface area (Å²) in [5.41, 5.74) is 0.832. The first-order valence-electron chi connectivity index (χ1n) is 4.68. The Morgan fingerprint density at radius 1 is 1.38 bits per heavy atom. The second kappa shape index (κ2) is 7.06. The van der Waals surface area contributed by atoms with E-state index in [0.29, 0.717) is 5.92 Å². The lowest BCUT2D eigenvalue weighted by Crippen LogP contribution is -2.13. The van der Waals surface area contributed by atoms with Crippen LogP contribution in [0.4, 0.5) is 0 Å². The predicted molar refractivity (Wildman–Crippen MR) is 52.4 cm³/mol. The van der Waals surface area contributed by atoms with E-state index in [2.05, 4.69) is 18.4 Å². The molecule has 0 aliphatic rings. The largest absolute Gasteiger partial charge is 0.396 e. The van der Waals surface area contributed by atoms with Crippen LogP contribution in [0.1, 0.15) is 33.1 Å². The highest BCUT2D eigenvalue weighted by Gasteiger charge is 2.11. The number of aliphatic hydroxyl groups is 1. The fourth-order valence-corrected chi connectivity index (χ4v) is 1.19. The summed E-state index contributed by atoms with van der Waals surface area (Å²) in [6.07, 6.45) is 2.22. The minimum absolute atomic E-state index is 0.221. The van der Waals surface area contributed by atoms with E-state index in [1.165, 1.54) is 0 Å². The van der Waals surface area contributed by atoms with Crippen LogP contribution in [-0.4, -0.2) is 23.1 Å². The third kappa shape index (κ3) is 5.80. The van der Waals surface area contributed by atoms with Crippen LogP contribution in [0, 0.1) is 5.92 Å².